The topological polar surface area (TPSA) is 73.2 Å². The van der Waals surface area contributed by atoms with E-state index in [-0.39, 0.29) is 16.7 Å². The van der Waals surface area contributed by atoms with Crippen molar-refractivity contribution in [3.63, 3.8) is 0 Å². The zero-order valence-corrected chi connectivity index (χ0v) is 17.1. The monoisotopic (exact) mass is 397 g/mol. The third kappa shape index (κ3) is 4.29. The minimum Gasteiger partial charge on any atom is -0.444 e. The zero-order valence-electron chi connectivity index (χ0n) is 17.1. The number of carbonyl (C=O) groups excluding carboxylic acids is 1. The van der Waals surface area contributed by atoms with Crippen LogP contribution in [-0.4, -0.2) is 21.2 Å². The molecular formula is C22H24FN3O3. The number of nitrogens with one attached hydrogen (secondary N) is 1. The van der Waals surface area contributed by atoms with E-state index in [0.29, 0.717) is 11.3 Å². The van der Waals surface area contributed by atoms with Crippen molar-refractivity contribution in [1.82, 2.24) is 14.9 Å². The van der Waals surface area contributed by atoms with E-state index in [2.05, 4.69) is 10.3 Å². The third-order valence-electron chi connectivity index (χ3n) is 4.34. The smallest absolute Gasteiger partial charge is 0.408 e. The summed E-state index contributed by atoms with van der Waals surface area (Å²) in [5.74, 6) is -0.347. The van der Waals surface area contributed by atoms with E-state index >= 15 is 0 Å². The molecular weight excluding hydrogens is 373 g/mol. The Labute approximate surface area is 168 Å². The predicted molar refractivity (Wildman–Crippen MR) is 110 cm³/mol. The highest BCUT2D eigenvalue weighted by Gasteiger charge is 2.24. The number of ether oxygens (including phenoxy) is 1. The van der Waals surface area contributed by atoms with Gasteiger partial charge >= 0.3 is 6.09 Å². The summed E-state index contributed by atoms with van der Waals surface area (Å²) in [7, 11) is 0. The Bertz CT molecular complexity index is 1120. The van der Waals surface area contributed by atoms with Crippen molar-refractivity contribution in [2.24, 2.45) is 0 Å². The van der Waals surface area contributed by atoms with Crippen molar-refractivity contribution >= 4 is 17.0 Å². The molecule has 1 unspecified atom stereocenters. The molecule has 0 saturated carbocycles. The fraction of sp³-hybridized carbons (Fsp3) is 0.318. The van der Waals surface area contributed by atoms with E-state index in [4.69, 9.17) is 4.74 Å². The molecule has 1 N–H and O–H groups in total. The Balaban J connectivity index is 2.21. The van der Waals surface area contributed by atoms with Crippen LogP contribution in [0, 0.1) is 12.7 Å². The summed E-state index contributed by atoms with van der Waals surface area (Å²) in [5.41, 5.74) is 0.273. The van der Waals surface area contributed by atoms with Crippen LogP contribution in [0.2, 0.25) is 0 Å². The summed E-state index contributed by atoms with van der Waals surface area (Å²) < 4.78 is 21.1. The largest absolute Gasteiger partial charge is 0.444 e. The molecule has 1 heterocycles. The molecule has 1 aromatic heterocycles. The number of amides is 1. The molecule has 0 aliphatic carbocycles. The molecule has 0 aliphatic heterocycles. The Kier molecular flexibility index (Phi) is 5.42. The second-order valence-electron chi connectivity index (χ2n) is 7.90. The number of alkyl carbamates (subject to hydrolysis) is 1. The maximum atomic E-state index is 14.5. The molecule has 7 heteroatoms. The van der Waals surface area contributed by atoms with Crippen molar-refractivity contribution in [2.45, 2.75) is 46.3 Å². The average Bonchev–Trinajstić information content (AvgIpc) is 2.63. The lowest BCUT2D eigenvalue weighted by atomic mass is 10.1. The second kappa shape index (κ2) is 7.66. The highest BCUT2D eigenvalue weighted by Crippen LogP contribution is 2.22. The van der Waals surface area contributed by atoms with Gasteiger partial charge in [0.25, 0.3) is 5.56 Å². The van der Waals surface area contributed by atoms with Crippen LogP contribution in [0.25, 0.3) is 16.6 Å². The molecule has 0 bridgehead atoms. The van der Waals surface area contributed by atoms with Gasteiger partial charge in [-0.05, 0) is 58.4 Å². The van der Waals surface area contributed by atoms with E-state index < -0.39 is 29.1 Å². The van der Waals surface area contributed by atoms with Crippen LogP contribution in [0.15, 0.2) is 47.3 Å². The van der Waals surface area contributed by atoms with Gasteiger partial charge in [0.15, 0.2) is 0 Å². The van der Waals surface area contributed by atoms with Crippen molar-refractivity contribution in [3.8, 4) is 5.69 Å². The van der Waals surface area contributed by atoms with Crippen molar-refractivity contribution in [1.29, 1.82) is 0 Å². The van der Waals surface area contributed by atoms with Crippen LogP contribution in [0.1, 0.15) is 45.1 Å². The number of hydrogen-bond acceptors (Lipinski definition) is 4. The standard InChI is InChI=1S/C22H24FN3O3/c1-13-11-12-16(23)17-18(13)25-19(14(2)24-21(28)29-22(3,4)5)26(20(17)27)15-9-7-6-8-10-15/h6-12,14H,1-5H3,(H,24,28). The first-order valence-corrected chi connectivity index (χ1v) is 9.35. The Morgan fingerprint density at radius 3 is 2.45 bits per heavy atom. The summed E-state index contributed by atoms with van der Waals surface area (Å²) in [6.07, 6.45) is -0.630. The molecule has 29 heavy (non-hydrogen) atoms. The molecule has 3 rings (SSSR count). The van der Waals surface area contributed by atoms with Crippen LogP contribution in [0.4, 0.5) is 9.18 Å². The van der Waals surface area contributed by atoms with Gasteiger partial charge in [-0.1, -0.05) is 24.3 Å². The van der Waals surface area contributed by atoms with Gasteiger partial charge in [-0.2, -0.15) is 0 Å². The summed E-state index contributed by atoms with van der Waals surface area (Å²) in [5, 5.41) is 2.63. The number of aromatic nitrogens is 2. The molecule has 2 aromatic carbocycles. The molecule has 0 aliphatic rings. The Morgan fingerprint density at radius 2 is 1.83 bits per heavy atom. The van der Waals surface area contributed by atoms with E-state index in [0.717, 1.165) is 0 Å². The van der Waals surface area contributed by atoms with Crippen molar-refractivity contribution in [3.05, 3.63) is 70.0 Å². The van der Waals surface area contributed by atoms with Gasteiger partial charge in [0.1, 0.15) is 22.6 Å². The van der Waals surface area contributed by atoms with Crippen molar-refractivity contribution < 1.29 is 13.9 Å². The number of aryl methyl sites for hydroxylation is 1. The lowest BCUT2D eigenvalue weighted by molar-refractivity contribution is 0.0505. The molecule has 1 amide bonds. The van der Waals surface area contributed by atoms with Crippen LogP contribution < -0.4 is 10.9 Å². The molecule has 6 nitrogen and oxygen atoms in total. The number of halogens is 1. The summed E-state index contributed by atoms with van der Waals surface area (Å²) >= 11 is 0. The normalized spacial score (nSPS) is 12.6. The lowest BCUT2D eigenvalue weighted by Crippen LogP contribution is -2.37. The molecule has 0 fully saturated rings. The highest BCUT2D eigenvalue weighted by atomic mass is 19.1. The second-order valence-corrected chi connectivity index (χ2v) is 7.90. The fourth-order valence-corrected chi connectivity index (χ4v) is 3.06. The van der Waals surface area contributed by atoms with Gasteiger partial charge in [-0.15, -0.1) is 0 Å². The minimum absolute atomic E-state index is 0.0814. The van der Waals surface area contributed by atoms with Crippen LogP contribution in [-0.2, 0) is 4.74 Å². The molecule has 0 radical (unpaired) electrons. The van der Waals surface area contributed by atoms with Crippen LogP contribution in [0.5, 0.6) is 0 Å². The first-order chi connectivity index (χ1) is 13.6. The van der Waals surface area contributed by atoms with Gasteiger partial charge in [-0.3, -0.25) is 9.36 Å². The number of carbonyl (C=O) groups is 1. The number of benzene rings is 2. The Morgan fingerprint density at radius 1 is 1.17 bits per heavy atom. The SMILES string of the molecule is Cc1ccc(F)c2c(=O)n(-c3ccccc3)c(C(C)NC(=O)OC(C)(C)C)nc12. The molecule has 1 atom stereocenters. The molecule has 152 valence electrons. The van der Waals surface area contributed by atoms with Crippen LogP contribution in [0.3, 0.4) is 0 Å². The van der Waals surface area contributed by atoms with E-state index in [1.54, 1.807) is 65.0 Å². The van der Waals surface area contributed by atoms with Gasteiger partial charge in [-0.25, -0.2) is 14.2 Å². The zero-order chi connectivity index (χ0) is 21.3. The third-order valence-corrected chi connectivity index (χ3v) is 4.34. The van der Waals surface area contributed by atoms with E-state index in [1.807, 2.05) is 6.07 Å². The highest BCUT2D eigenvalue weighted by molar-refractivity contribution is 5.82. The lowest BCUT2D eigenvalue weighted by Gasteiger charge is -2.23. The first-order valence-electron chi connectivity index (χ1n) is 9.35. The maximum absolute atomic E-state index is 14.5. The summed E-state index contributed by atoms with van der Waals surface area (Å²) in [6.45, 7) is 8.75. The quantitative estimate of drug-likeness (QED) is 0.710. The number of para-hydroxylation sites is 1. The number of rotatable bonds is 3. The summed E-state index contributed by atoms with van der Waals surface area (Å²) in [6, 6.07) is 11.0. The number of hydrogen-bond donors (Lipinski definition) is 1. The number of fused-ring (bicyclic) bond motifs is 1. The molecule has 3 aromatic rings. The Hall–Kier alpha value is -3.22. The molecule has 0 saturated heterocycles. The van der Waals surface area contributed by atoms with Gasteiger partial charge in [0.2, 0.25) is 0 Å². The summed E-state index contributed by atoms with van der Waals surface area (Å²) in [4.78, 5) is 30.1. The van der Waals surface area contributed by atoms with Gasteiger partial charge in [0.05, 0.1) is 17.2 Å². The first kappa shape index (κ1) is 20.5. The molecule has 0 spiro atoms. The minimum atomic E-state index is -0.667. The number of nitrogens with zero attached hydrogens (tertiary/aromatic N) is 2. The fourth-order valence-electron chi connectivity index (χ4n) is 3.06. The van der Waals surface area contributed by atoms with E-state index in [1.165, 1.54) is 10.6 Å². The predicted octanol–water partition coefficient (Wildman–Crippen LogP) is 4.42. The maximum Gasteiger partial charge on any atom is 0.408 e. The average molecular weight is 397 g/mol. The van der Waals surface area contributed by atoms with Gasteiger partial charge < -0.3 is 10.1 Å². The van der Waals surface area contributed by atoms with Gasteiger partial charge in [0, 0.05) is 0 Å². The van der Waals surface area contributed by atoms with E-state index in [9.17, 15) is 14.0 Å². The van der Waals surface area contributed by atoms with Crippen LogP contribution >= 0.6 is 0 Å². The van der Waals surface area contributed by atoms with Crippen molar-refractivity contribution in [2.75, 3.05) is 0 Å².